The molecule has 0 aliphatic carbocycles. The van der Waals surface area contributed by atoms with Gasteiger partial charge >= 0.3 is 0 Å². The first-order chi connectivity index (χ1) is 10.7. The minimum absolute atomic E-state index is 0.106. The molecule has 1 rings (SSSR count). The van der Waals surface area contributed by atoms with Crippen LogP contribution in [0, 0.1) is 5.92 Å². The Morgan fingerprint density at radius 2 is 2.05 bits per heavy atom. The lowest BCUT2D eigenvalue weighted by molar-refractivity contribution is 0.0517. The van der Waals surface area contributed by atoms with Crippen molar-refractivity contribution in [3.05, 3.63) is 29.8 Å². The van der Waals surface area contributed by atoms with E-state index in [1.54, 1.807) is 45.0 Å². The van der Waals surface area contributed by atoms with Gasteiger partial charge in [0, 0.05) is 6.85 Å². The van der Waals surface area contributed by atoms with Crippen molar-refractivity contribution in [2.45, 2.75) is 52.1 Å². The Kier molecular flexibility index (Phi) is 3.56. The molecule has 3 N–H and O–H groups in total. The summed E-state index contributed by atoms with van der Waals surface area (Å²) in [6.07, 6.45) is -2.34. The van der Waals surface area contributed by atoms with Crippen LogP contribution >= 0.6 is 0 Å². The van der Waals surface area contributed by atoms with Crippen molar-refractivity contribution in [2.75, 3.05) is 6.61 Å². The highest BCUT2D eigenvalue weighted by Gasteiger charge is 2.24. The van der Waals surface area contributed by atoms with Crippen LogP contribution in [0.3, 0.4) is 0 Å². The van der Waals surface area contributed by atoms with Crippen LogP contribution < -0.4 is 10.5 Å². The van der Waals surface area contributed by atoms with Gasteiger partial charge in [0.15, 0.2) is 0 Å². The Labute approximate surface area is 123 Å². The molecular formula is C16H27NO2. The summed E-state index contributed by atoms with van der Waals surface area (Å²) in [5.74, 6) is 0.335. The first-order valence-electron chi connectivity index (χ1n) is 8.95. The van der Waals surface area contributed by atoms with Gasteiger partial charge in [-0.05, 0) is 43.9 Å². The minimum Gasteiger partial charge on any atom is -0.493 e. The molecule has 0 bridgehead atoms. The van der Waals surface area contributed by atoms with E-state index in [0.717, 1.165) is 5.56 Å². The lowest BCUT2D eigenvalue weighted by Gasteiger charge is -2.26. The fraction of sp³-hybridized carbons (Fsp3) is 0.625. The van der Waals surface area contributed by atoms with Gasteiger partial charge in [0.05, 0.1) is 18.2 Å². The second-order valence-electron chi connectivity index (χ2n) is 5.50. The van der Waals surface area contributed by atoms with Gasteiger partial charge in [-0.2, -0.15) is 0 Å². The molecule has 0 aliphatic rings. The molecule has 0 aromatic heterocycles. The molecule has 19 heavy (non-hydrogen) atoms. The molecule has 0 amide bonds. The van der Waals surface area contributed by atoms with Crippen molar-refractivity contribution < 1.29 is 16.7 Å². The second kappa shape index (κ2) is 6.92. The fourth-order valence-electron chi connectivity index (χ4n) is 1.65. The van der Waals surface area contributed by atoms with Gasteiger partial charge in [-0.3, -0.25) is 0 Å². The van der Waals surface area contributed by atoms with Crippen molar-refractivity contribution in [1.29, 1.82) is 0 Å². The zero-order chi connectivity index (χ0) is 18.8. The molecule has 0 saturated heterocycles. The normalized spacial score (nSPS) is 20.4. The Balaban J connectivity index is 2.60. The fourth-order valence-corrected chi connectivity index (χ4v) is 1.65. The van der Waals surface area contributed by atoms with Gasteiger partial charge in [-0.1, -0.05) is 32.3 Å². The number of benzene rings is 1. The lowest BCUT2D eigenvalue weighted by atomic mass is 9.93. The first-order valence-corrected chi connectivity index (χ1v) is 6.45. The predicted molar refractivity (Wildman–Crippen MR) is 79.2 cm³/mol. The van der Waals surface area contributed by atoms with Gasteiger partial charge in [-0.15, -0.1) is 0 Å². The van der Waals surface area contributed by atoms with Gasteiger partial charge < -0.3 is 15.6 Å². The Hall–Kier alpha value is -1.06. The van der Waals surface area contributed by atoms with E-state index in [9.17, 15) is 5.11 Å². The average molecular weight is 270 g/mol. The van der Waals surface area contributed by atoms with Crippen LogP contribution in [0.2, 0.25) is 0 Å². The SMILES string of the molecule is [2H]C([2H])([2H])C([2H])([2H])C[C@H](C)COc1ccc([C@@H](N)C(C)(C)O)cc1. The van der Waals surface area contributed by atoms with Crippen LogP contribution in [0.1, 0.15) is 58.9 Å². The highest BCUT2D eigenvalue weighted by Crippen LogP contribution is 2.24. The largest absolute Gasteiger partial charge is 0.493 e. The first kappa shape index (κ1) is 9.78. The zero-order valence-electron chi connectivity index (χ0n) is 16.8. The Morgan fingerprint density at radius 3 is 2.58 bits per heavy atom. The third kappa shape index (κ3) is 5.21. The number of hydrogen-bond donors (Lipinski definition) is 2. The molecule has 0 fully saturated rings. The smallest absolute Gasteiger partial charge is 0.119 e. The van der Waals surface area contributed by atoms with Gasteiger partial charge in [-0.25, -0.2) is 0 Å². The third-order valence-electron chi connectivity index (χ3n) is 2.99. The highest BCUT2D eigenvalue weighted by atomic mass is 16.5. The van der Waals surface area contributed by atoms with E-state index in [1.807, 2.05) is 0 Å². The van der Waals surface area contributed by atoms with Gasteiger partial charge in [0.25, 0.3) is 0 Å². The van der Waals surface area contributed by atoms with Crippen molar-refractivity contribution >= 4 is 0 Å². The third-order valence-corrected chi connectivity index (χ3v) is 2.99. The second-order valence-corrected chi connectivity index (χ2v) is 5.50. The molecule has 3 nitrogen and oxygen atoms in total. The van der Waals surface area contributed by atoms with Crippen molar-refractivity contribution in [2.24, 2.45) is 11.7 Å². The molecule has 1 aromatic carbocycles. The van der Waals surface area contributed by atoms with Crippen LogP contribution in [0.4, 0.5) is 0 Å². The summed E-state index contributed by atoms with van der Waals surface area (Å²) in [6, 6.07) is 6.48. The van der Waals surface area contributed by atoms with Crippen LogP contribution in [0.5, 0.6) is 5.75 Å². The van der Waals surface area contributed by atoms with Crippen molar-refractivity contribution in [3.63, 3.8) is 0 Å². The maximum atomic E-state index is 9.92. The highest BCUT2D eigenvalue weighted by molar-refractivity contribution is 5.30. The molecule has 1 aromatic rings. The van der Waals surface area contributed by atoms with E-state index in [4.69, 9.17) is 17.3 Å². The van der Waals surface area contributed by atoms with Crippen molar-refractivity contribution in [3.8, 4) is 5.75 Å². The summed E-state index contributed by atoms with van der Waals surface area (Å²) in [5, 5.41) is 9.92. The summed E-state index contributed by atoms with van der Waals surface area (Å²) in [6.45, 7) is 2.61. The molecular weight excluding hydrogens is 238 g/mol. The van der Waals surface area contributed by atoms with E-state index < -0.39 is 24.9 Å². The van der Waals surface area contributed by atoms with E-state index >= 15 is 0 Å². The van der Waals surface area contributed by atoms with E-state index in [1.165, 1.54) is 0 Å². The maximum absolute atomic E-state index is 9.92. The number of nitrogens with two attached hydrogens (primary N) is 1. The number of rotatable bonds is 7. The molecule has 0 aliphatic heterocycles. The predicted octanol–water partition coefficient (Wildman–Crippen LogP) is 3.27. The summed E-state index contributed by atoms with van der Waals surface area (Å²) in [5.41, 5.74) is 5.72. The summed E-state index contributed by atoms with van der Waals surface area (Å²) in [4.78, 5) is 0. The van der Waals surface area contributed by atoms with Gasteiger partial charge in [0.2, 0.25) is 0 Å². The minimum atomic E-state index is -2.64. The standard InChI is InChI=1S/C16H27NO2/c1-5-6-12(2)11-19-14-9-7-13(8-10-14)15(17)16(3,4)18/h7-10,12,15,18H,5-6,11,17H2,1-4H3/t12-,15+/m0/s1/i1D3,5D2. The average Bonchev–Trinajstić information content (AvgIpc) is 2.42. The topological polar surface area (TPSA) is 55.5 Å². The number of hydrogen-bond acceptors (Lipinski definition) is 3. The summed E-state index contributed by atoms with van der Waals surface area (Å²) >= 11 is 0. The molecule has 0 unspecified atom stereocenters. The van der Waals surface area contributed by atoms with Crippen molar-refractivity contribution in [1.82, 2.24) is 0 Å². The molecule has 3 heteroatoms. The lowest BCUT2D eigenvalue weighted by Crippen LogP contribution is -2.34. The Bertz CT molecular complexity index is 523. The summed E-state index contributed by atoms with van der Waals surface area (Å²) < 4.78 is 42.5. The van der Waals surface area contributed by atoms with Gasteiger partial charge in [0.1, 0.15) is 5.75 Å². The van der Waals surface area contributed by atoms with Crippen LogP contribution in [0.25, 0.3) is 0 Å². The molecule has 0 saturated carbocycles. The Morgan fingerprint density at radius 1 is 1.42 bits per heavy atom. The quantitative estimate of drug-likeness (QED) is 0.799. The molecule has 108 valence electrons. The monoisotopic (exact) mass is 270 g/mol. The van der Waals surface area contributed by atoms with E-state index in [-0.39, 0.29) is 18.9 Å². The molecule has 2 atom stereocenters. The summed E-state index contributed by atoms with van der Waals surface area (Å²) in [7, 11) is 0. The molecule has 0 radical (unpaired) electrons. The van der Waals surface area contributed by atoms with Crippen LogP contribution in [0.15, 0.2) is 24.3 Å². The molecule has 0 heterocycles. The molecule has 0 spiro atoms. The zero-order valence-corrected chi connectivity index (χ0v) is 11.8. The number of ether oxygens (including phenoxy) is 1. The van der Waals surface area contributed by atoms with Crippen LogP contribution in [-0.4, -0.2) is 17.3 Å². The number of aliphatic hydroxyl groups is 1. The van der Waals surface area contributed by atoms with E-state index in [0.29, 0.717) is 5.75 Å². The van der Waals surface area contributed by atoms with Crippen LogP contribution in [-0.2, 0) is 0 Å². The maximum Gasteiger partial charge on any atom is 0.119 e. The van der Waals surface area contributed by atoms with E-state index in [2.05, 4.69) is 0 Å².